The highest BCUT2D eigenvalue weighted by Gasteiger charge is 2.11. The van der Waals surface area contributed by atoms with E-state index in [1.165, 1.54) is 6.20 Å². The normalized spacial score (nSPS) is 10.4. The second kappa shape index (κ2) is 5.70. The number of ether oxygens (including phenoxy) is 1. The van der Waals surface area contributed by atoms with E-state index in [0.29, 0.717) is 12.2 Å². The molecule has 7 heteroatoms. The van der Waals surface area contributed by atoms with E-state index < -0.39 is 0 Å². The number of hydrogen-bond acceptors (Lipinski definition) is 5. The number of nitrogens with two attached hydrogens (primary N) is 1. The molecule has 0 spiro atoms. The van der Waals surface area contributed by atoms with Crippen molar-refractivity contribution < 1.29 is 9.53 Å². The first-order valence-electron chi connectivity index (χ1n) is 6.11. The van der Waals surface area contributed by atoms with Gasteiger partial charge in [-0.2, -0.15) is 5.10 Å². The van der Waals surface area contributed by atoms with E-state index in [4.69, 9.17) is 10.6 Å². The van der Waals surface area contributed by atoms with Crippen molar-refractivity contribution >= 4 is 5.91 Å². The van der Waals surface area contributed by atoms with Gasteiger partial charge in [-0.3, -0.25) is 19.9 Å². The number of carbonyl (C=O) groups excluding carboxylic acids is 1. The summed E-state index contributed by atoms with van der Waals surface area (Å²) in [4.78, 5) is 15.4. The van der Waals surface area contributed by atoms with Crippen LogP contribution in [0.25, 0.3) is 0 Å². The predicted molar refractivity (Wildman–Crippen MR) is 72.9 cm³/mol. The average Bonchev–Trinajstić information content (AvgIpc) is 2.70. The maximum absolute atomic E-state index is 11.3. The molecule has 0 fully saturated rings. The number of hydrogen-bond donors (Lipinski definition) is 2. The van der Waals surface area contributed by atoms with Crippen molar-refractivity contribution in [2.24, 2.45) is 12.9 Å². The predicted octanol–water partition coefficient (Wildman–Crippen LogP) is 0.614. The zero-order valence-electron chi connectivity index (χ0n) is 11.7. The van der Waals surface area contributed by atoms with Gasteiger partial charge in [-0.25, -0.2) is 5.84 Å². The highest BCUT2D eigenvalue weighted by molar-refractivity contribution is 5.93. The molecule has 20 heavy (non-hydrogen) atoms. The van der Waals surface area contributed by atoms with Crippen molar-refractivity contribution in [3.8, 4) is 5.75 Å². The third-order valence-electron chi connectivity index (χ3n) is 3.03. The molecule has 7 nitrogen and oxygen atoms in total. The molecule has 0 aliphatic rings. The lowest BCUT2D eigenvalue weighted by atomic mass is 10.2. The van der Waals surface area contributed by atoms with E-state index in [1.807, 2.05) is 20.9 Å². The van der Waals surface area contributed by atoms with Gasteiger partial charge < -0.3 is 4.74 Å². The summed E-state index contributed by atoms with van der Waals surface area (Å²) in [6, 6.07) is 3.38. The fraction of sp³-hybridized carbons (Fsp3) is 0.308. The van der Waals surface area contributed by atoms with Crippen LogP contribution in [-0.2, 0) is 13.7 Å². The molecular weight excluding hydrogens is 258 g/mol. The minimum Gasteiger partial charge on any atom is -0.483 e. The highest BCUT2D eigenvalue weighted by Crippen LogP contribution is 2.22. The monoisotopic (exact) mass is 275 g/mol. The Hall–Kier alpha value is -2.41. The van der Waals surface area contributed by atoms with E-state index in [1.54, 1.807) is 16.8 Å². The second-order valence-electron chi connectivity index (χ2n) is 4.42. The first kappa shape index (κ1) is 14.0. The molecule has 0 radical (unpaired) electrons. The first-order valence-corrected chi connectivity index (χ1v) is 6.11. The highest BCUT2D eigenvalue weighted by atomic mass is 16.5. The van der Waals surface area contributed by atoms with Gasteiger partial charge in [0.2, 0.25) is 0 Å². The van der Waals surface area contributed by atoms with Crippen molar-refractivity contribution in [2.45, 2.75) is 20.5 Å². The van der Waals surface area contributed by atoms with Crippen LogP contribution in [0.1, 0.15) is 27.4 Å². The standard InChI is InChI=1S/C13H17N5O2/c1-8-12(9(2)18(3)17-8)20-7-11-5-4-10(6-15-11)13(19)16-14/h4-6H,7,14H2,1-3H3,(H,16,19). The fourth-order valence-corrected chi connectivity index (χ4v) is 1.84. The fourth-order valence-electron chi connectivity index (χ4n) is 1.84. The summed E-state index contributed by atoms with van der Waals surface area (Å²) in [7, 11) is 1.87. The van der Waals surface area contributed by atoms with Gasteiger partial charge in [-0.05, 0) is 26.0 Å². The summed E-state index contributed by atoms with van der Waals surface area (Å²) >= 11 is 0. The quantitative estimate of drug-likeness (QED) is 0.484. The summed E-state index contributed by atoms with van der Waals surface area (Å²) < 4.78 is 7.50. The molecule has 0 atom stereocenters. The summed E-state index contributed by atoms with van der Waals surface area (Å²) in [5, 5.41) is 4.28. The molecule has 106 valence electrons. The lowest BCUT2D eigenvalue weighted by molar-refractivity contribution is 0.0953. The number of rotatable bonds is 4. The minimum absolute atomic E-state index is 0.317. The van der Waals surface area contributed by atoms with Crippen LogP contribution in [0, 0.1) is 13.8 Å². The van der Waals surface area contributed by atoms with E-state index in [9.17, 15) is 4.79 Å². The van der Waals surface area contributed by atoms with Gasteiger partial charge in [-0.15, -0.1) is 0 Å². The summed E-state index contributed by atoms with van der Waals surface area (Å²) in [6.07, 6.45) is 1.46. The van der Waals surface area contributed by atoms with Crippen molar-refractivity contribution in [1.29, 1.82) is 0 Å². The van der Waals surface area contributed by atoms with Gasteiger partial charge in [0.15, 0.2) is 5.75 Å². The van der Waals surface area contributed by atoms with E-state index in [-0.39, 0.29) is 5.91 Å². The van der Waals surface area contributed by atoms with E-state index in [2.05, 4.69) is 15.5 Å². The Morgan fingerprint density at radius 3 is 2.70 bits per heavy atom. The van der Waals surface area contributed by atoms with E-state index >= 15 is 0 Å². The summed E-state index contributed by atoms with van der Waals surface area (Å²) in [5.74, 6) is 5.44. The molecule has 0 bridgehead atoms. The Kier molecular flexibility index (Phi) is 3.99. The van der Waals surface area contributed by atoms with Gasteiger partial charge in [0.25, 0.3) is 5.91 Å². The number of carbonyl (C=O) groups is 1. The van der Waals surface area contributed by atoms with Crippen molar-refractivity contribution in [3.63, 3.8) is 0 Å². The number of nitrogens with one attached hydrogen (secondary N) is 1. The van der Waals surface area contributed by atoms with Gasteiger partial charge in [0.1, 0.15) is 12.3 Å². The average molecular weight is 275 g/mol. The topological polar surface area (TPSA) is 95.1 Å². The van der Waals surface area contributed by atoms with Crippen LogP contribution in [-0.4, -0.2) is 20.7 Å². The molecule has 0 saturated carbocycles. The van der Waals surface area contributed by atoms with Gasteiger partial charge in [0.05, 0.1) is 17.0 Å². The maximum Gasteiger partial charge on any atom is 0.266 e. The lowest BCUT2D eigenvalue weighted by Gasteiger charge is -2.06. The molecule has 2 aromatic rings. The Labute approximate surface area is 116 Å². The molecule has 2 rings (SSSR count). The molecule has 0 aliphatic heterocycles. The lowest BCUT2D eigenvalue weighted by Crippen LogP contribution is -2.30. The SMILES string of the molecule is Cc1nn(C)c(C)c1OCc1ccc(C(=O)NN)cn1. The van der Waals surface area contributed by atoms with Crippen molar-refractivity contribution in [3.05, 3.63) is 41.0 Å². The maximum atomic E-state index is 11.3. The van der Waals surface area contributed by atoms with Crippen LogP contribution >= 0.6 is 0 Å². The summed E-state index contributed by atoms with van der Waals surface area (Å²) in [6.45, 7) is 4.15. The number of nitrogens with zero attached hydrogens (tertiary/aromatic N) is 3. The molecule has 2 aromatic heterocycles. The van der Waals surface area contributed by atoms with Crippen LogP contribution < -0.4 is 16.0 Å². The van der Waals surface area contributed by atoms with Crippen LogP contribution in [0.3, 0.4) is 0 Å². The molecule has 0 unspecified atom stereocenters. The van der Waals surface area contributed by atoms with Crippen molar-refractivity contribution in [1.82, 2.24) is 20.2 Å². The zero-order valence-corrected chi connectivity index (χ0v) is 11.7. The molecule has 2 heterocycles. The number of amides is 1. The Bertz CT molecular complexity index is 618. The number of aryl methyl sites for hydroxylation is 2. The number of aromatic nitrogens is 3. The van der Waals surface area contributed by atoms with Crippen molar-refractivity contribution in [2.75, 3.05) is 0 Å². The molecule has 3 N–H and O–H groups in total. The van der Waals surface area contributed by atoms with Gasteiger partial charge >= 0.3 is 0 Å². The zero-order chi connectivity index (χ0) is 14.7. The van der Waals surface area contributed by atoms with Crippen LogP contribution in [0.15, 0.2) is 18.3 Å². The Morgan fingerprint density at radius 2 is 2.20 bits per heavy atom. The van der Waals surface area contributed by atoms with Gasteiger partial charge in [0, 0.05) is 13.2 Å². The van der Waals surface area contributed by atoms with E-state index in [0.717, 1.165) is 22.8 Å². The second-order valence-corrected chi connectivity index (χ2v) is 4.42. The third-order valence-corrected chi connectivity index (χ3v) is 3.03. The van der Waals surface area contributed by atoms with Crippen LogP contribution in [0.5, 0.6) is 5.75 Å². The summed E-state index contributed by atoms with van der Waals surface area (Å²) in [5.41, 5.74) is 4.98. The Balaban J connectivity index is 2.06. The molecule has 0 aliphatic carbocycles. The molecule has 1 amide bonds. The minimum atomic E-state index is -0.371. The Morgan fingerprint density at radius 1 is 1.45 bits per heavy atom. The molecule has 0 aromatic carbocycles. The number of hydrazine groups is 1. The number of pyridine rings is 1. The van der Waals surface area contributed by atoms with Gasteiger partial charge in [-0.1, -0.05) is 0 Å². The first-order chi connectivity index (χ1) is 9.52. The largest absolute Gasteiger partial charge is 0.483 e. The molecule has 0 saturated heterocycles. The van der Waals surface area contributed by atoms with Crippen LogP contribution in [0.4, 0.5) is 0 Å². The molecular formula is C13H17N5O2. The smallest absolute Gasteiger partial charge is 0.266 e. The number of nitrogen functional groups attached to an aromatic ring is 1. The third kappa shape index (κ3) is 2.77. The van der Waals surface area contributed by atoms with Crippen LogP contribution in [0.2, 0.25) is 0 Å².